The fraction of sp³-hybridized carbons (Fsp3) is 0.412. The molecule has 0 radical (unpaired) electrons. The third-order valence-electron chi connectivity index (χ3n) is 3.98. The Kier molecular flexibility index (Phi) is 6.38. The first-order chi connectivity index (χ1) is 12.3. The molecule has 2 aromatic rings. The van der Waals surface area contributed by atoms with E-state index in [4.69, 9.17) is 0 Å². The van der Waals surface area contributed by atoms with E-state index in [1.807, 2.05) is 13.0 Å². The van der Waals surface area contributed by atoms with Crippen molar-refractivity contribution in [2.75, 3.05) is 42.1 Å². The van der Waals surface area contributed by atoms with Crippen molar-refractivity contribution in [3.63, 3.8) is 0 Å². The van der Waals surface area contributed by atoms with Crippen LogP contribution in [0, 0.1) is 6.92 Å². The molecule has 0 unspecified atom stereocenters. The van der Waals surface area contributed by atoms with Crippen LogP contribution >= 0.6 is 0 Å². The van der Waals surface area contributed by atoms with E-state index >= 15 is 0 Å². The number of nitrogens with zero attached hydrogens (tertiary/aromatic N) is 4. The molecular weight excluding hydrogens is 352 g/mol. The molecule has 0 bridgehead atoms. The van der Waals surface area contributed by atoms with Crippen LogP contribution < -0.4 is 14.9 Å². The molecule has 0 spiro atoms. The maximum absolute atomic E-state index is 11.8. The highest BCUT2D eigenvalue weighted by Crippen LogP contribution is 2.25. The van der Waals surface area contributed by atoms with Gasteiger partial charge in [-0.05, 0) is 56.7 Å². The first-order valence-electron chi connectivity index (χ1n) is 8.43. The van der Waals surface area contributed by atoms with E-state index in [1.54, 1.807) is 12.1 Å². The highest BCUT2D eigenvalue weighted by molar-refractivity contribution is 7.90. The summed E-state index contributed by atoms with van der Waals surface area (Å²) in [6.07, 6.45) is 0. The van der Waals surface area contributed by atoms with E-state index in [-0.39, 0.29) is 5.82 Å². The molecule has 1 aromatic carbocycles. The van der Waals surface area contributed by atoms with Gasteiger partial charge >= 0.3 is 10.2 Å². The molecule has 0 atom stereocenters. The number of nitrogens with one attached hydrogen (secondary N) is 2. The summed E-state index contributed by atoms with van der Waals surface area (Å²) in [5.74, 6) is 0.703. The van der Waals surface area contributed by atoms with Crippen molar-refractivity contribution < 1.29 is 8.42 Å². The average molecular weight is 379 g/mol. The van der Waals surface area contributed by atoms with Crippen LogP contribution in [0.25, 0.3) is 0 Å². The van der Waals surface area contributed by atoms with E-state index in [2.05, 4.69) is 51.1 Å². The van der Waals surface area contributed by atoms with Crippen molar-refractivity contribution in [2.24, 2.45) is 0 Å². The largest absolute Gasteiger partial charge is 0.372 e. The normalized spacial score (nSPS) is 11.5. The summed E-state index contributed by atoms with van der Waals surface area (Å²) in [4.78, 5) is 2.28. The van der Waals surface area contributed by atoms with Gasteiger partial charge in [0.05, 0.1) is 0 Å². The minimum atomic E-state index is -3.59. The van der Waals surface area contributed by atoms with Crippen LogP contribution in [0.1, 0.15) is 19.4 Å². The van der Waals surface area contributed by atoms with Crippen molar-refractivity contribution in [1.29, 1.82) is 0 Å². The number of aryl methyl sites for hydroxylation is 1. The van der Waals surface area contributed by atoms with Crippen molar-refractivity contribution in [1.82, 2.24) is 14.5 Å². The zero-order valence-corrected chi connectivity index (χ0v) is 16.6. The number of benzene rings is 1. The Morgan fingerprint density at radius 1 is 1.00 bits per heavy atom. The van der Waals surface area contributed by atoms with E-state index in [1.165, 1.54) is 19.8 Å². The van der Waals surface area contributed by atoms with Gasteiger partial charge in [0, 0.05) is 38.6 Å². The van der Waals surface area contributed by atoms with Gasteiger partial charge in [0.2, 0.25) is 0 Å². The predicted molar refractivity (Wildman–Crippen MR) is 106 cm³/mol. The number of hydrogen-bond donors (Lipinski definition) is 2. The fourth-order valence-corrected chi connectivity index (χ4v) is 2.94. The van der Waals surface area contributed by atoms with Crippen LogP contribution in [-0.4, -0.2) is 50.1 Å². The Morgan fingerprint density at radius 3 is 2.12 bits per heavy atom. The molecule has 2 N–H and O–H groups in total. The summed E-state index contributed by atoms with van der Waals surface area (Å²) in [5.41, 5.74) is 3.20. The van der Waals surface area contributed by atoms with Crippen LogP contribution in [0.3, 0.4) is 0 Å². The van der Waals surface area contributed by atoms with Crippen molar-refractivity contribution in [2.45, 2.75) is 20.8 Å². The molecule has 0 saturated carbocycles. The van der Waals surface area contributed by atoms with Gasteiger partial charge in [0.15, 0.2) is 11.6 Å². The van der Waals surface area contributed by atoms with Gasteiger partial charge in [-0.15, -0.1) is 10.2 Å². The number of anilines is 4. The van der Waals surface area contributed by atoms with Gasteiger partial charge < -0.3 is 10.2 Å². The minimum Gasteiger partial charge on any atom is -0.372 e. The molecule has 0 saturated heterocycles. The third kappa shape index (κ3) is 4.83. The predicted octanol–water partition coefficient (Wildman–Crippen LogP) is 2.59. The van der Waals surface area contributed by atoms with Crippen molar-refractivity contribution in [3.8, 4) is 0 Å². The summed E-state index contributed by atoms with van der Waals surface area (Å²) in [6.45, 7) is 8.21. The van der Waals surface area contributed by atoms with E-state index in [0.717, 1.165) is 28.6 Å². The highest BCUT2D eigenvalue weighted by Gasteiger charge is 2.14. The molecule has 2 rings (SSSR count). The summed E-state index contributed by atoms with van der Waals surface area (Å²) < 4.78 is 27.0. The SMILES string of the molecule is CCN(CC)c1ccc(Nc2ccc(NS(=O)(=O)N(C)C)nn2)c(C)c1. The van der Waals surface area contributed by atoms with Crippen molar-refractivity contribution >= 4 is 33.2 Å². The van der Waals surface area contributed by atoms with Gasteiger partial charge in [0.25, 0.3) is 0 Å². The molecular formula is C17H26N6O2S. The average Bonchev–Trinajstić information content (AvgIpc) is 2.59. The van der Waals surface area contributed by atoms with Crippen LogP contribution in [0.5, 0.6) is 0 Å². The van der Waals surface area contributed by atoms with Crippen LogP contribution in [0.15, 0.2) is 30.3 Å². The second-order valence-corrected chi connectivity index (χ2v) is 7.87. The monoisotopic (exact) mass is 378 g/mol. The number of aromatic nitrogens is 2. The fourth-order valence-electron chi connectivity index (χ4n) is 2.39. The van der Waals surface area contributed by atoms with Crippen LogP contribution in [-0.2, 0) is 10.2 Å². The molecule has 0 aliphatic heterocycles. The molecule has 0 aliphatic rings. The molecule has 8 nitrogen and oxygen atoms in total. The molecule has 0 fully saturated rings. The van der Waals surface area contributed by atoms with Gasteiger partial charge in [0.1, 0.15) is 0 Å². The quantitative estimate of drug-likeness (QED) is 0.734. The molecule has 1 heterocycles. The van der Waals surface area contributed by atoms with E-state index in [9.17, 15) is 8.42 Å². The maximum Gasteiger partial charge on any atom is 0.302 e. The van der Waals surface area contributed by atoms with Gasteiger partial charge in [-0.2, -0.15) is 12.7 Å². The lowest BCUT2D eigenvalue weighted by Crippen LogP contribution is -2.29. The minimum absolute atomic E-state index is 0.165. The number of rotatable bonds is 8. The summed E-state index contributed by atoms with van der Waals surface area (Å²) in [5, 5.41) is 11.1. The summed E-state index contributed by atoms with van der Waals surface area (Å²) in [7, 11) is -0.710. The molecule has 0 aliphatic carbocycles. The Labute approximate surface area is 155 Å². The van der Waals surface area contributed by atoms with Crippen LogP contribution in [0.4, 0.5) is 23.0 Å². The maximum atomic E-state index is 11.8. The zero-order chi connectivity index (χ0) is 19.3. The lowest BCUT2D eigenvalue weighted by molar-refractivity contribution is 0.526. The molecule has 26 heavy (non-hydrogen) atoms. The summed E-state index contributed by atoms with van der Waals surface area (Å²) >= 11 is 0. The lowest BCUT2D eigenvalue weighted by atomic mass is 10.1. The second kappa shape index (κ2) is 8.33. The van der Waals surface area contributed by atoms with E-state index in [0.29, 0.717) is 5.82 Å². The first-order valence-corrected chi connectivity index (χ1v) is 9.87. The molecule has 142 valence electrons. The van der Waals surface area contributed by atoms with Crippen molar-refractivity contribution in [3.05, 3.63) is 35.9 Å². The molecule has 0 amide bonds. The molecule has 9 heteroatoms. The Hall–Kier alpha value is -2.39. The molecule has 1 aromatic heterocycles. The first kappa shape index (κ1) is 19.9. The lowest BCUT2D eigenvalue weighted by Gasteiger charge is -2.22. The van der Waals surface area contributed by atoms with E-state index < -0.39 is 10.2 Å². The summed E-state index contributed by atoms with van der Waals surface area (Å²) in [6, 6.07) is 9.44. The van der Waals surface area contributed by atoms with Crippen LogP contribution in [0.2, 0.25) is 0 Å². The van der Waals surface area contributed by atoms with Gasteiger partial charge in [-0.3, -0.25) is 4.72 Å². The zero-order valence-electron chi connectivity index (χ0n) is 15.8. The Morgan fingerprint density at radius 2 is 1.62 bits per heavy atom. The highest BCUT2D eigenvalue weighted by atomic mass is 32.2. The standard InChI is InChI=1S/C17H26N6O2S/c1-6-23(7-2)14-8-9-15(13(3)12-14)18-16-10-11-17(20-19-16)21-26(24,25)22(4)5/h8-12H,6-7H2,1-5H3,(H,18,19)(H,20,21). The number of hydrogen-bond acceptors (Lipinski definition) is 6. The third-order valence-corrected chi connectivity index (χ3v) is 5.41. The van der Waals surface area contributed by atoms with Gasteiger partial charge in [-0.25, -0.2) is 0 Å². The topological polar surface area (TPSA) is 90.5 Å². The smallest absolute Gasteiger partial charge is 0.302 e. The second-order valence-electron chi connectivity index (χ2n) is 5.99. The Bertz CT molecular complexity index is 833. The Balaban J connectivity index is 2.12. The van der Waals surface area contributed by atoms with Gasteiger partial charge in [-0.1, -0.05) is 0 Å².